The van der Waals surface area contributed by atoms with Gasteiger partial charge in [-0.25, -0.2) is 9.97 Å². The van der Waals surface area contributed by atoms with Crippen LogP contribution in [0.1, 0.15) is 10.4 Å². The molecule has 0 atom stereocenters. The average Bonchev–Trinajstić information content (AvgIpc) is 2.68. The molecule has 1 N–H and O–H groups in total. The second-order valence-electron chi connectivity index (χ2n) is 5.32. The van der Waals surface area contributed by atoms with Gasteiger partial charge in [0, 0.05) is 29.0 Å². The van der Waals surface area contributed by atoms with Crippen LogP contribution in [0.5, 0.6) is 11.5 Å². The minimum Gasteiger partial charge on any atom is -0.497 e. The van der Waals surface area contributed by atoms with E-state index in [1.165, 1.54) is 19.5 Å². The second-order valence-corrected chi connectivity index (χ2v) is 5.76. The predicted octanol–water partition coefficient (Wildman–Crippen LogP) is 4.07. The van der Waals surface area contributed by atoms with E-state index in [9.17, 15) is 4.79 Å². The van der Waals surface area contributed by atoms with E-state index < -0.39 is 0 Å². The fraction of sp³-hybridized carbons (Fsp3) is 0.105. The molecule has 1 aromatic heterocycles. The van der Waals surface area contributed by atoms with E-state index in [0.717, 1.165) is 5.56 Å². The van der Waals surface area contributed by atoms with Crippen molar-refractivity contribution in [2.45, 2.75) is 0 Å². The summed E-state index contributed by atoms with van der Waals surface area (Å²) in [7, 11) is 3.08. The average molecular weight is 370 g/mol. The number of halogens is 1. The maximum Gasteiger partial charge on any atom is 0.258 e. The Balaban J connectivity index is 1.79. The van der Waals surface area contributed by atoms with Crippen molar-refractivity contribution in [3.8, 4) is 22.9 Å². The van der Waals surface area contributed by atoms with E-state index in [4.69, 9.17) is 21.1 Å². The van der Waals surface area contributed by atoms with Gasteiger partial charge in [-0.05, 0) is 36.4 Å². The first-order valence-electron chi connectivity index (χ1n) is 7.72. The van der Waals surface area contributed by atoms with Gasteiger partial charge in [-0.15, -0.1) is 0 Å². The fourth-order valence-corrected chi connectivity index (χ4v) is 2.43. The largest absolute Gasteiger partial charge is 0.497 e. The first-order valence-corrected chi connectivity index (χ1v) is 8.10. The number of amides is 1. The minimum atomic E-state index is -0.348. The van der Waals surface area contributed by atoms with Crippen LogP contribution in [-0.2, 0) is 0 Å². The molecule has 0 spiro atoms. The SMILES string of the molecule is COc1ccc(OC)c(NC(=O)c2cnc(-c3ccc(Cl)cc3)nc2)c1. The minimum absolute atomic E-state index is 0.326. The molecular weight excluding hydrogens is 354 g/mol. The molecule has 0 bridgehead atoms. The summed E-state index contributed by atoms with van der Waals surface area (Å²) < 4.78 is 10.4. The summed E-state index contributed by atoms with van der Waals surface area (Å²) in [6.07, 6.45) is 2.94. The second kappa shape index (κ2) is 7.84. The van der Waals surface area contributed by atoms with Crippen LogP contribution < -0.4 is 14.8 Å². The van der Waals surface area contributed by atoms with Gasteiger partial charge in [0.25, 0.3) is 5.91 Å². The molecule has 3 rings (SSSR count). The molecule has 0 fully saturated rings. The Kier molecular flexibility index (Phi) is 5.34. The Morgan fingerprint density at radius 1 is 1.00 bits per heavy atom. The number of carbonyl (C=O) groups is 1. The Bertz CT molecular complexity index is 912. The van der Waals surface area contributed by atoms with Gasteiger partial charge in [0.15, 0.2) is 5.82 Å². The predicted molar refractivity (Wildman–Crippen MR) is 100.0 cm³/mol. The number of anilines is 1. The van der Waals surface area contributed by atoms with Crippen molar-refractivity contribution in [3.63, 3.8) is 0 Å². The summed E-state index contributed by atoms with van der Waals surface area (Å²) in [5.41, 5.74) is 1.64. The van der Waals surface area contributed by atoms with Gasteiger partial charge < -0.3 is 14.8 Å². The lowest BCUT2D eigenvalue weighted by molar-refractivity contribution is 0.102. The first-order chi connectivity index (χ1) is 12.6. The summed E-state index contributed by atoms with van der Waals surface area (Å²) in [6, 6.07) is 12.3. The standard InChI is InChI=1S/C19H16ClN3O3/c1-25-15-7-8-17(26-2)16(9-15)23-19(24)13-10-21-18(22-11-13)12-3-5-14(20)6-4-12/h3-11H,1-2H3,(H,23,24). The van der Waals surface area contributed by atoms with Crippen molar-refractivity contribution in [1.29, 1.82) is 0 Å². The fourth-order valence-electron chi connectivity index (χ4n) is 2.30. The molecule has 0 unspecified atom stereocenters. The number of aromatic nitrogens is 2. The summed E-state index contributed by atoms with van der Waals surface area (Å²) in [6.45, 7) is 0. The number of methoxy groups -OCH3 is 2. The lowest BCUT2D eigenvalue weighted by atomic mass is 10.2. The van der Waals surface area contributed by atoms with E-state index in [-0.39, 0.29) is 5.91 Å². The zero-order valence-electron chi connectivity index (χ0n) is 14.2. The van der Waals surface area contributed by atoms with Crippen LogP contribution >= 0.6 is 11.6 Å². The molecule has 0 radical (unpaired) electrons. The number of rotatable bonds is 5. The Morgan fingerprint density at radius 3 is 2.31 bits per heavy atom. The molecule has 0 aliphatic rings. The van der Waals surface area contributed by atoms with Crippen molar-refractivity contribution in [2.75, 3.05) is 19.5 Å². The van der Waals surface area contributed by atoms with Crippen molar-refractivity contribution >= 4 is 23.2 Å². The number of hydrogen-bond acceptors (Lipinski definition) is 5. The highest BCUT2D eigenvalue weighted by molar-refractivity contribution is 6.30. The van der Waals surface area contributed by atoms with Crippen LogP contribution in [0.4, 0.5) is 5.69 Å². The van der Waals surface area contributed by atoms with Crippen molar-refractivity contribution in [2.24, 2.45) is 0 Å². The molecule has 2 aromatic carbocycles. The van der Waals surface area contributed by atoms with Crippen molar-refractivity contribution in [3.05, 3.63) is 65.4 Å². The van der Waals surface area contributed by atoms with Crippen LogP contribution in [0.3, 0.4) is 0 Å². The van der Waals surface area contributed by atoms with Gasteiger partial charge in [-0.1, -0.05) is 11.6 Å². The highest BCUT2D eigenvalue weighted by Crippen LogP contribution is 2.29. The van der Waals surface area contributed by atoms with Crippen molar-refractivity contribution in [1.82, 2.24) is 9.97 Å². The van der Waals surface area contributed by atoms with Gasteiger partial charge in [0.1, 0.15) is 11.5 Å². The number of ether oxygens (including phenoxy) is 2. The molecule has 7 heteroatoms. The van der Waals surface area contributed by atoms with Crippen LogP contribution in [-0.4, -0.2) is 30.1 Å². The number of benzene rings is 2. The zero-order chi connectivity index (χ0) is 18.5. The van der Waals surface area contributed by atoms with Crippen LogP contribution in [0, 0.1) is 0 Å². The van der Waals surface area contributed by atoms with Crippen LogP contribution in [0.25, 0.3) is 11.4 Å². The maximum atomic E-state index is 12.5. The van der Waals surface area contributed by atoms with E-state index in [1.54, 1.807) is 37.4 Å². The lowest BCUT2D eigenvalue weighted by Crippen LogP contribution is -2.13. The zero-order valence-corrected chi connectivity index (χ0v) is 14.9. The third-order valence-electron chi connectivity index (χ3n) is 3.67. The highest BCUT2D eigenvalue weighted by atomic mass is 35.5. The van der Waals surface area contributed by atoms with Gasteiger partial charge >= 0.3 is 0 Å². The molecule has 1 amide bonds. The third-order valence-corrected chi connectivity index (χ3v) is 3.92. The highest BCUT2D eigenvalue weighted by Gasteiger charge is 2.12. The number of nitrogens with zero attached hydrogens (tertiary/aromatic N) is 2. The van der Waals surface area contributed by atoms with Gasteiger partial charge in [-0.3, -0.25) is 4.79 Å². The molecule has 0 aliphatic carbocycles. The summed E-state index contributed by atoms with van der Waals surface area (Å²) in [5, 5.41) is 3.41. The van der Waals surface area contributed by atoms with Crippen LogP contribution in [0.15, 0.2) is 54.9 Å². The van der Waals surface area contributed by atoms with Crippen LogP contribution in [0.2, 0.25) is 5.02 Å². The maximum absolute atomic E-state index is 12.5. The number of hydrogen-bond donors (Lipinski definition) is 1. The molecule has 0 aliphatic heterocycles. The molecule has 3 aromatic rings. The first kappa shape index (κ1) is 17.7. The normalized spacial score (nSPS) is 10.3. The molecule has 132 valence electrons. The molecular formula is C19H16ClN3O3. The smallest absolute Gasteiger partial charge is 0.258 e. The summed E-state index contributed by atoms with van der Waals surface area (Å²) in [4.78, 5) is 21.0. The Morgan fingerprint density at radius 2 is 1.69 bits per heavy atom. The van der Waals surface area contributed by atoms with Gasteiger partial charge in [0.05, 0.1) is 25.5 Å². The quantitative estimate of drug-likeness (QED) is 0.734. The Labute approximate surface area is 155 Å². The van der Waals surface area contributed by atoms with E-state index in [0.29, 0.717) is 33.6 Å². The van der Waals surface area contributed by atoms with Crippen molar-refractivity contribution < 1.29 is 14.3 Å². The monoisotopic (exact) mass is 369 g/mol. The molecule has 26 heavy (non-hydrogen) atoms. The summed E-state index contributed by atoms with van der Waals surface area (Å²) in [5.74, 6) is 1.30. The third kappa shape index (κ3) is 3.92. The Hall–Kier alpha value is -3.12. The molecule has 6 nitrogen and oxygen atoms in total. The molecule has 0 saturated heterocycles. The van der Waals surface area contributed by atoms with Gasteiger partial charge in [-0.2, -0.15) is 0 Å². The van der Waals surface area contributed by atoms with E-state index >= 15 is 0 Å². The number of carbonyl (C=O) groups excluding carboxylic acids is 1. The van der Waals surface area contributed by atoms with Gasteiger partial charge in [0.2, 0.25) is 0 Å². The summed E-state index contributed by atoms with van der Waals surface area (Å²) >= 11 is 5.88. The topological polar surface area (TPSA) is 73.3 Å². The molecule has 1 heterocycles. The van der Waals surface area contributed by atoms with E-state index in [1.807, 2.05) is 12.1 Å². The molecule has 0 saturated carbocycles. The van der Waals surface area contributed by atoms with E-state index in [2.05, 4.69) is 15.3 Å². The number of nitrogens with one attached hydrogen (secondary N) is 1. The lowest BCUT2D eigenvalue weighted by Gasteiger charge is -2.11.